The van der Waals surface area contributed by atoms with E-state index in [0.717, 1.165) is 16.7 Å². The third kappa shape index (κ3) is 6.52. The smallest absolute Gasteiger partial charge is 0.265 e. The van der Waals surface area contributed by atoms with Crippen molar-refractivity contribution >= 4 is 34.5 Å². The van der Waals surface area contributed by atoms with E-state index in [9.17, 15) is 19.6 Å². The number of hydrogen-bond donors (Lipinski definition) is 1. The van der Waals surface area contributed by atoms with E-state index in [0.29, 0.717) is 48.8 Å². The molecule has 0 bridgehead atoms. The molecule has 3 aromatic rings. The number of aliphatic hydroxyl groups excluding tert-OH is 1. The molecule has 1 N–H and O–H groups in total. The molecule has 1 aromatic heterocycles. The van der Waals surface area contributed by atoms with Crippen LogP contribution in [0.3, 0.4) is 0 Å². The summed E-state index contributed by atoms with van der Waals surface area (Å²) in [6, 6.07) is 14.2. The van der Waals surface area contributed by atoms with Gasteiger partial charge in [0.25, 0.3) is 5.91 Å². The summed E-state index contributed by atoms with van der Waals surface area (Å²) in [5.41, 5.74) is 1.85. The number of carbonyl (C=O) groups is 1. The second-order valence-corrected chi connectivity index (χ2v) is 12.8. The van der Waals surface area contributed by atoms with Crippen molar-refractivity contribution in [3.05, 3.63) is 69.6 Å². The van der Waals surface area contributed by atoms with Crippen molar-refractivity contribution in [3.63, 3.8) is 0 Å². The number of rotatable bonds is 6. The van der Waals surface area contributed by atoms with Crippen LogP contribution in [0.2, 0.25) is 5.02 Å². The molecule has 5 rings (SSSR count). The van der Waals surface area contributed by atoms with Gasteiger partial charge in [0.1, 0.15) is 11.6 Å². The molecule has 0 aliphatic carbocycles. The molecule has 41 heavy (non-hydrogen) atoms. The van der Waals surface area contributed by atoms with E-state index in [-0.39, 0.29) is 18.3 Å². The Kier molecular flexibility index (Phi) is 8.31. The normalized spacial score (nSPS) is 19.2. The monoisotopic (exact) mass is 597 g/mol. The number of carbonyl (C=O) groups excluding carboxylic acids is 1. The topological polar surface area (TPSA) is 86.0 Å². The molecule has 1 saturated heterocycles. The Morgan fingerprint density at radius 1 is 1.27 bits per heavy atom. The van der Waals surface area contributed by atoms with Gasteiger partial charge in [0, 0.05) is 18.7 Å². The van der Waals surface area contributed by atoms with Crippen LogP contribution in [0.4, 0.5) is 10.1 Å². The van der Waals surface area contributed by atoms with Gasteiger partial charge >= 0.3 is 0 Å². The standard InChI is InChI=1S/C31H33ClFN3O4S/c1-30(2,3)40-29(38)36-17-27(39-26-14-23(21-8-13-41-18-21)24(32)15-25(26)36)28(37)35-11-9-31(19-34,10-12-35)16-20-4-6-22(33)7-5-20/h4-8,13-15,18,27,29,38H,9-12,16-17H2,1-3H3. The predicted molar refractivity (Wildman–Crippen MR) is 157 cm³/mol. The van der Waals surface area contributed by atoms with Crippen LogP contribution in [0, 0.1) is 22.6 Å². The summed E-state index contributed by atoms with van der Waals surface area (Å²) in [7, 11) is 0. The maximum absolute atomic E-state index is 13.8. The van der Waals surface area contributed by atoms with E-state index in [1.807, 2.05) is 37.6 Å². The van der Waals surface area contributed by atoms with Gasteiger partial charge in [0.15, 0.2) is 6.10 Å². The number of benzene rings is 2. The molecule has 2 aliphatic rings. The molecule has 2 unspecified atom stereocenters. The number of halogens is 2. The van der Waals surface area contributed by atoms with Gasteiger partial charge in [-0.25, -0.2) is 4.39 Å². The van der Waals surface area contributed by atoms with Crippen LogP contribution in [0.5, 0.6) is 5.75 Å². The van der Waals surface area contributed by atoms with Crippen molar-refractivity contribution in [1.29, 1.82) is 5.26 Å². The van der Waals surface area contributed by atoms with Crippen molar-refractivity contribution in [3.8, 4) is 22.9 Å². The van der Waals surface area contributed by atoms with Gasteiger partial charge in [-0.3, -0.25) is 4.79 Å². The molecule has 1 amide bonds. The Balaban J connectivity index is 1.36. The Morgan fingerprint density at radius 2 is 1.98 bits per heavy atom. The van der Waals surface area contributed by atoms with Gasteiger partial charge in [-0.05, 0) is 92.3 Å². The molecule has 2 aromatic carbocycles. The summed E-state index contributed by atoms with van der Waals surface area (Å²) in [6.07, 6.45) is -0.751. The van der Waals surface area contributed by atoms with Gasteiger partial charge in [-0.1, -0.05) is 23.7 Å². The molecule has 0 spiro atoms. The minimum absolute atomic E-state index is 0.0622. The minimum atomic E-state index is -1.33. The van der Waals surface area contributed by atoms with Gasteiger partial charge in [0.2, 0.25) is 6.41 Å². The number of nitriles is 1. The third-order valence-corrected chi connectivity index (χ3v) is 8.54. The van der Waals surface area contributed by atoms with E-state index in [2.05, 4.69) is 6.07 Å². The van der Waals surface area contributed by atoms with E-state index in [1.54, 1.807) is 45.4 Å². The Bertz CT molecular complexity index is 1430. The van der Waals surface area contributed by atoms with Crippen molar-refractivity contribution in [1.82, 2.24) is 4.90 Å². The average molecular weight is 598 g/mol. The molecule has 0 saturated carbocycles. The van der Waals surface area contributed by atoms with Crippen molar-refractivity contribution in [2.24, 2.45) is 5.41 Å². The predicted octanol–water partition coefficient (Wildman–Crippen LogP) is 6.24. The Morgan fingerprint density at radius 3 is 2.59 bits per heavy atom. The Labute approximate surface area is 248 Å². The number of hydrogen-bond acceptors (Lipinski definition) is 7. The largest absolute Gasteiger partial charge is 0.476 e. The van der Waals surface area contributed by atoms with Gasteiger partial charge < -0.3 is 24.4 Å². The highest BCUT2D eigenvalue weighted by molar-refractivity contribution is 7.08. The number of thiophene rings is 1. The van der Waals surface area contributed by atoms with Crippen LogP contribution in [-0.2, 0) is 16.0 Å². The fourth-order valence-electron chi connectivity index (χ4n) is 5.37. The van der Waals surface area contributed by atoms with Crippen LogP contribution >= 0.6 is 22.9 Å². The molecule has 216 valence electrons. The first-order valence-electron chi connectivity index (χ1n) is 13.6. The molecule has 0 radical (unpaired) electrons. The number of fused-ring (bicyclic) bond motifs is 1. The van der Waals surface area contributed by atoms with Crippen LogP contribution in [-0.4, -0.2) is 53.7 Å². The summed E-state index contributed by atoms with van der Waals surface area (Å²) < 4.78 is 25.5. The summed E-state index contributed by atoms with van der Waals surface area (Å²) in [6.45, 7) is 6.37. The molecule has 3 heterocycles. The number of aliphatic hydroxyl groups is 1. The summed E-state index contributed by atoms with van der Waals surface area (Å²) in [5.74, 6) is -0.105. The van der Waals surface area contributed by atoms with E-state index in [1.165, 1.54) is 12.1 Å². The number of nitrogens with zero attached hydrogens (tertiary/aromatic N) is 3. The SMILES string of the molecule is CC(C)(C)OC(O)N1CC(C(=O)N2CCC(C#N)(Cc3ccc(F)cc3)CC2)Oc2cc(-c3ccsc3)c(Cl)cc21. The number of piperidine rings is 1. The lowest BCUT2D eigenvalue weighted by atomic mass is 9.75. The Hall–Kier alpha value is -3.16. The fraction of sp³-hybridized carbons (Fsp3) is 0.419. The lowest BCUT2D eigenvalue weighted by molar-refractivity contribution is -0.168. The third-order valence-electron chi connectivity index (χ3n) is 7.55. The number of likely N-dealkylation sites (tertiary alicyclic amines) is 1. The summed E-state index contributed by atoms with van der Waals surface area (Å²) in [4.78, 5) is 17.1. The van der Waals surface area contributed by atoms with Crippen LogP contribution in [0.25, 0.3) is 11.1 Å². The first-order valence-corrected chi connectivity index (χ1v) is 14.9. The molecular formula is C31H33ClFN3O4S. The first-order chi connectivity index (χ1) is 19.5. The van der Waals surface area contributed by atoms with Gasteiger partial charge in [0.05, 0.1) is 34.3 Å². The van der Waals surface area contributed by atoms with Gasteiger partial charge in [-0.15, -0.1) is 0 Å². The lowest BCUT2D eigenvalue weighted by Gasteiger charge is -2.43. The van der Waals surface area contributed by atoms with Crippen LogP contribution in [0.15, 0.2) is 53.2 Å². The first kappa shape index (κ1) is 29.3. The number of amides is 1. The zero-order valence-corrected chi connectivity index (χ0v) is 24.8. The van der Waals surface area contributed by atoms with E-state index < -0.39 is 23.5 Å². The molecule has 2 aliphatic heterocycles. The highest BCUT2D eigenvalue weighted by Crippen LogP contribution is 2.43. The molecule has 7 nitrogen and oxygen atoms in total. The minimum Gasteiger partial charge on any atom is -0.476 e. The number of ether oxygens (including phenoxy) is 2. The fourth-order valence-corrected chi connectivity index (χ4v) is 6.29. The van der Waals surface area contributed by atoms with Crippen LogP contribution in [0.1, 0.15) is 39.2 Å². The second kappa shape index (κ2) is 11.6. The van der Waals surface area contributed by atoms with Crippen LogP contribution < -0.4 is 9.64 Å². The average Bonchev–Trinajstić information content (AvgIpc) is 3.47. The van der Waals surface area contributed by atoms with E-state index in [4.69, 9.17) is 21.1 Å². The molecule has 10 heteroatoms. The number of anilines is 1. The van der Waals surface area contributed by atoms with Gasteiger partial charge in [-0.2, -0.15) is 16.6 Å². The molecule has 1 fully saturated rings. The lowest BCUT2D eigenvalue weighted by Crippen LogP contribution is -2.56. The highest BCUT2D eigenvalue weighted by atomic mass is 35.5. The maximum Gasteiger partial charge on any atom is 0.265 e. The van der Waals surface area contributed by atoms with E-state index >= 15 is 0 Å². The van der Waals surface area contributed by atoms with Crippen molar-refractivity contribution < 1.29 is 23.8 Å². The zero-order valence-electron chi connectivity index (χ0n) is 23.3. The molecule has 2 atom stereocenters. The highest BCUT2D eigenvalue weighted by Gasteiger charge is 2.41. The van der Waals surface area contributed by atoms with Crippen molar-refractivity contribution in [2.45, 2.75) is 58.2 Å². The quantitative estimate of drug-likeness (QED) is 0.339. The van der Waals surface area contributed by atoms with Crippen molar-refractivity contribution in [2.75, 3.05) is 24.5 Å². The maximum atomic E-state index is 13.8. The molecular weight excluding hydrogens is 565 g/mol. The summed E-state index contributed by atoms with van der Waals surface area (Å²) >= 11 is 8.21. The summed E-state index contributed by atoms with van der Waals surface area (Å²) in [5, 5.41) is 25.6. The second-order valence-electron chi connectivity index (χ2n) is 11.6. The zero-order chi connectivity index (χ0) is 29.4.